The maximum atomic E-state index is 11.6. The van der Waals surface area contributed by atoms with Crippen molar-refractivity contribution in [3.8, 4) is 0 Å². The minimum absolute atomic E-state index is 0.0186. The number of nitro groups is 1. The van der Waals surface area contributed by atoms with Gasteiger partial charge in [0.2, 0.25) is 0 Å². The van der Waals surface area contributed by atoms with E-state index in [-0.39, 0.29) is 11.6 Å². The molecule has 0 aliphatic rings. The van der Waals surface area contributed by atoms with Crippen molar-refractivity contribution in [3.63, 3.8) is 0 Å². The van der Waals surface area contributed by atoms with E-state index >= 15 is 0 Å². The SMILES string of the molecule is O=C(N/N=C\C=C/c1cccc([N+](=O)[O-])c1)c1ccncc1. The number of aromatic nitrogens is 1. The highest BCUT2D eigenvalue weighted by Gasteiger charge is 2.03. The summed E-state index contributed by atoms with van der Waals surface area (Å²) in [6.07, 6.45) is 7.64. The van der Waals surface area contributed by atoms with Gasteiger partial charge in [-0.3, -0.25) is 19.9 Å². The van der Waals surface area contributed by atoms with Gasteiger partial charge in [0.25, 0.3) is 11.6 Å². The normalized spacial score (nSPS) is 10.9. The average molecular weight is 296 g/mol. The number of allylic oxidation sites excluding steroid dienone is 1. The molecule has 22 heavy (non-hydrogen) atoms. The lowest BCUT2D eigenvalue weighted by molar-refractivity contribution is -0.384. The monoisotopic (exact) mass is 296 g/mol. The summed E-state index contributed by atoms with van der Waals surface area (Å²) in [6.45, 7) is 0. The summed E-state index contributed by atoms with van der Waals surface area (Å²) >= 11 is 0. The maximum Gasteiger partial charge on any atom is 0.271 e. The molecule has 0 spiro atoms. The molecule has 0 saturated carbocycles. The Kier molecular flexibility index (Phi) is 5.09. The Hall–Kier alpha value is -3.35. The zero-order valence-corrected chi connectivity index (χ0v) is 11.4. The maximum absolute atomic E-state index is 11.6. The number of non-ortho nitro benzene ring substituents is 1. The Morgan fingerprint density at radius 1 is 1.27 bits per heavy atom. The number of benzene rings is 1. The molecule has 110 valence electrons. The number of nitrogens with one attached hydrogen (secondary N) is 1. The minimum Gasteiger partial charge on any atom is -0.267 e. The highest BCUT2D eigenvalue weighted by atomic mass is 16.6. The molecule has 1 aromatic carbocycles. The van der Waals surface area contributed by atoms with Crippen molar-refractivity contribution in [2.75, 3.05) is 0 Å². The molecule has 0 fully saturated rings. The lowest BCUT2D eigenvalue weighted by atomic mass is 10.2. The topological polar surface area (TPSA) is 97.5 Å². The summed E-state index contributed by atoms with van der Waals surface area (Å²) in [6, 6.07) is 9.33. The zero-order chi connectivity index (χ0) is 15.8. The number of nitro benzene ring substituents is 1. The Labute approximate surface area is 126 Å². The Balaban J connectivity index is 1.91. The lowest BCUT2D eigenvalue weighted by Crippen LogP contribution is -2.17. The third-order valence-corrected chi connectivity index (χ3v) is 2.64. The number of hydrogen-bond acceptors (Lipinski definition) is 5. The molecule has 2 rings (SSSR count). The second kappa shape index (κ2) is 7.44. The van der Waals surface area contributed by atoms with E-state index in [1.54, 1.807) is 36.4 Å². The molecule has 1 heterocycles. The highest BCUT2D eigenvalue weighted by Crippen LogP contribution is 2.13. The van der Waals surface area contributed by atoms with Gasteiger partial charge < -0.3 is 0 Å². The molecule has 7 heteroatoms. The van der Waals surface area contributed by atoms with Crippen LogP contribution in [0.2, 0.25) is 0 Å². The molecule has 0 unspecified atom stereocenters. The van der Waals surface area contributed by atoms with Crippen LogP contribution in [0.15, 0.2) is 60.0 Å². The van der Waals surface area contributed by atoms with Crippen molar-refractivity contribution < 1.29 is 9.72 Å². The highest BCUT2D eigenvalue weighted by molar-refractivity contribution is 5.94. The molecular formula is C15H12N4O3. The van der Waals surface area contributed by atoms with Crippen molar-refractivity contribution in [1.82, 2.24) is 10.4 Å². The molecule has 0 saturated heterocycles. The molecule has 0 aliphatic carbocycles. The first kappa shape index (κ1) is 15.0. The van der Waals surface area contributed by atoms with Gasteiger partial charge in [-0.25, -0.2) is 5.43 Å². The summed E-state index contributed by atoms with van der Waals surface area (Å²) in [7, 11) is 0. The summed E-state index contributed by atoms with van der Waals surface area (Å²) in [4.78, 5) is 25.6. The number of nitrogens with zero attached hydrogens (tertiary/aromatic N) is 3. The van der Waals surface area contributed by atoms with E-state index in [9.17, 15) is 14.9 Å². The van der Waals surface area contributed by atoms with Gasteiger partial charge in [-0.05, 0) is 23.8 Å². The van der Waals surface area contributed by atoms with E-state index in [2.05, 4.69) is 15.5 Å². The van der Waals surface area contributed by atoms with Crippen LogP contribution >= 0.6 is 0 Å². The van der Waals surface area contributed by atoms with Gasteiger partial charge in [-0.15, -0.1) is 0 Å². The van der Waals surface area contributed by atoms with Crippen molar-refractivity contribution in [3.05, 3.63) is 76.1 Å². The first-order valence-electron chi connectivity index (χ1n) is 6.31. The van der Waals surface area contributed by atoms with Gasteiger partial charge in [0.05, 0.1) is 4.92 Å². The van der Waals surface area contributed by atoms with E-state index < -0.39 is 4.92 Å². The summed E-state index contributed by atoms with van der Waals surface area (Å²) < 4.78 is 0. The minimum atomic E-state index is -0.458. The fourth-order valence-electron chi connectivity index (χ4n) is 1.60. The molecule has 1 N–H and O–H groups in total. The number of amides is 1. The molecular weight excluding hydrogens is 284 g/mol. The van der Waals surface area contributed by atoms with Gasteiger partial charge in [0.1, 0.15) is 0 Å². The molecule has 0 atom stereocenters. The number of hydrazone groups is 1. The molecule has 2 aromatic rings. The Bertz CT molecular complexity index is 727. The van der Waals surface area contributed by atoms with Crippen LogP contribution in [0.1, 0.15) is 15.9 Å². The molecule has 1 amide bonds. The van der Waals surface area contributed by atoms with Crippen LogP contribution in [-0.2, 0) is 0 Å². The van der Waals surface area contributed by atoms with E-state index in [1.165, 1.54) is 30.7 Å². The van der Waals surface area contributed by atoms with Gasteiger partial charge in [0.15, 0.2) is 0 Å². The summed E-state index contributed by atoms with van der Waals surface area (Å²) in [5.41, 5.74) is 3.50. The third-order valence-electron chi connectivity index (χ3n) is 2.64. The third kappa shape index (κ3) is 4.34. The number of carbonyl (C=O) groups is 1. The number of pyridine rings is 1. The van der Waals surface area contributed by atoms with E-state index in [0.29, 0.717) is 11.1 Å². The molecule has 1 aromatic heterocycles. The number of hydrogen-bond donors (Lipinski definition) is 1. The van der Waals surface area contributed by atoms with Crippen LogP contribution < -0.4 is 5.43 Å². The van der Waals surface area contributed by atoms with Crippen LogP contribution in [-0.4, -0.2) is 22.0 Å². The molecule has 7 nitrogen and oxygen atoms in total. The zero-order valence-electron chi connectivity index (χ0n) is 11.4. The van der Waals surface area contributed by atoms with Crippen LogP contribution in [0.5, 0.6) is 0 Å². The van der Waals surface area contributed by atoms with Gasteiger partial charge in [-0.1, -0.05) is 18.2 Å². The summed E-state index contributed by atoms with van der Waals surface area (Å²) in [5.74, 6) is -0.345. The fraction of sp³-hybridized carbons (Fsp3) is 0. The standard InChI is InChI=1S/C15H12N4O3/c20-15(13-6-9-16-10-7-13)18-17-8-2-4-12-3-1-5-14(11-12)19(21)22/h1-11H,(H,18,20)/b4-2-,17-8-. The Morgan fingerprint density at radius 2 is 2.05 bits per heavy atom. The van der Waals surface area contributed by atoms with Crippen molar-refractivity contribution in [2.24, 2.45) is 5.10 Å². The predicted molar refractivity (Wildman–Crippen MR) is 82.3 cm³/mol. The lowest BCUT2D eigenvalue weighted by Gasteiger charge is -1.97. The second-order valence-electron chi connectivity index (χ2n) is 4.17. The molecule has 0 radical (unpaired) electrons. The smallest absolute Gasteiger partial charge is 0.267 e. The fourth-order valence-corrected chi connectivity index (χ4v) is 1.60. The molecule has 0 bridgehead atoms. The summed E-state index contributed by atoms with van der Waals surface area (Å²) in [5, 5.41) is 14.4. The predicted octanol–water partition coefficient (Wildman–Crippen LogP) is 2.42. The van der Waals surface area contributed by atoms with Crippen molar-refractivity contribution in [2.45, 2.75) is 0 Å². The van der Waals surface area contributed by atoms with Gasteiger partial charge >= 0.3 is 0 Å². The van der Waals surface area contributed by atoms with E-state index in [1.807, 2.05) is 0 Å². The van der Waals surface area contributed by atoms with Crippen LogP contribution in [0.25, 0.3) is 6.08 Å². The average Bonchev–Trinajstić information content (AvgIpc) is 2.55. The molecule has 0 aliphatic heterocycles. The van der Waals surface area contributed by atoms with E-state index in [0.717, 1.165) is 0 Å². The van der Waals surface area contributed by atoms with Gasteiger partial charge in [-0.2, -0.15) is 5.10 Å². The van der Waals surface area contributed by atoms with Crippen LogP contribution in [0.3, 0.4) is 0 Å². The first-order chi connectivity index (χ1) is 10.7. The van der Waals surface area contributed by atoms with Crippen LogP contribution in [0, 0.1) is 10.1 Å². The van der Waals surface area contributed by atoms with Crippen LogP contribution in [0.4, 0.5) is 5.69 Å². The van der Waals surface area contributed by atoms with Crippen molar-refractivity contribution >= 4 is 23.9 Å². The Morgan fingerprint density at radius 3 is 2.77 bits per heavy atom. The first-order valence-corrected chi connectivity index (χ1v) is 6.31. The quantitative estimate of drug-likeness (QED) is 0.520. The largest absolute Gasteiger partial charge is 0.271 e. The van der Waals surface area contributed by atoms with Gasteiger partial charge in [0, 0.05) is 36.3 Å². The van der Waals surface area contributed by atoms with E-state index in [4.69, 9.17) is 0 Å². The van der Waals surface area contributed by atoms with Crippen molar-refractivity contribution in [1.29, 1.82) is 0 Å². The number of carbonyl (C=O) groups excluding carboxylic acids is 1. The second-order valence-corrected chi connectivity index (χ2v) is 4.17. The number of rotatable bonds is 5.